The van der Waals surface area contributed by atoms with Crippen molar-refractivity contribution >= 4 is 34.7 Å². The average Bonchev–Trinajstić information content (AvgIpc) is 2.92. The van der Waals surface area contributed by atoms with Gasteiger partial charge in [-0.1, -0.05) is 0 Å². The van der Waals surface area contributed by atoms with Crippen LogP contribution in [0.15, 0.2) is 10.8 Å². The van der Waals surface area contributed by atoms with E-state index in [2.05, 4.69) is 32.3 Å². The van der Waals surface area contributed by atoms with Gasteiger partial charge >= 0.3 is 0 Å². The molecular weight excluding hydrogens is 264 g/mol. The van der Waals surface area contributed by atoms with E-state index in [4.69, 9.17) is 12.2 Å². The molecule has 0 saturated carbocycles. The molecule has 3 aromatic heterocycles. The van der Waals surface area contributed by atoms with Crippen LogP contribution in [0.1, 0.15) is 16.8 Å². The van der Waals surface area contributed by atoms with Crippen LogP contribution in [-0.4, -0.2) is 19.3 Å². The second-order valence-corrected chi connectivity index (χ2v) is 5.63. The summed E-state index contributed by atoms with van der Waals surface area (Å²) in [6.45, 7) is 4.93. The summed E-state index contributed by atoms with van der Waals surface area (Å²) in [7, 11) is 1.95. The molecule has 0 atom stereocenters. The Morgan fingerprint density at radius 1 is 1.39 bits per heavy atom. The van der Waals surface area contributed by atoms with Gasteiger partial charge in [-0.3, -0.25) is 9.25 Å². The van der Waals surface area contributed by atoms with Crippen molar-refractivity contribution in [2.75, 3.05) is 0 Å². The Morgan fingerprint density at radius 3 is 2.83 bits per heavy atom. The Hall–Kier alpha value is -1.40. The van der Waals surface area contributed by atoms with Gasteiger partial charge in [-0.25, -0.2) is 0 Å². The molecule has 0 aliphatic carbocycles. The quantitative estimate of drug-likeness (QED) is 0.731. The Labute approximate surface area is 114 Å². The molecule has 18 heavy (non-hydrogen) atoms. The maximum atomic E-state index is 5.41. The zero-order chi connectivity index (χ0) is 12.9. The van der Waals surface area contributed by atoms with E-state index in [0.29, 0.717) is 0 Å². The number of aryl methyl sites for hydroxylation is 3. The van der Waals surface area contributed by atoms with Crippen molar-refractivity contribution in [1.29, 1.82) is 0 Å². The molecule has 0 unspecified atom stereocenters. The third-order valence-corrected chi connectivity index (χ3v) is 4.45. The lowest BCUT2D eigenvalue weighted by molar-refractivity contribution is 0.714. The number of rotatable bonds is 2. The minimum atomic E-state index is 0.756. The summed E-state index contributed by atoms with van der Waals surface area (Å²) >= 11 is 7.14. The molecule has 4 nitrogen and oxygen atoms in total. The lowest BCUT2D eigenvalue weighted by Crippen LogP contribution is -2.04. The number of hydrogen-bond donors (Lipinski definition) is 1. The summed E-state index contributed by atoms with van der Waals surface area (Å²) in [5.41, 5.74) is 5.71. The van der Waals surface area contributed by atoms with Crippen LogP contribution in [0.3, 0.4) is 0 Å². The minimum Gasteiger partial charge on any atom is -0.328 e. The van der Waals surface area contributed by atoms with Crippen LogP contribution in [0, 0.1) is 18.6 Å². The summed E-state index contributed by atoms with van der Waals surface area (Å²) in [6, 6.07) is 0. The zero-order valence-electron chi connectivity index (χ0n) is 10.5. The first-order chi connectivity index (χ1) is 8.58. The van der Waals surface area contributed by atoms with Gasteiger partial charge in [-0.2, -0.15) is 16.4 Å². The third-order valence-electron chi connectivity index (χ3n) is 3.21. The van der Waals surface area contributed by atoms with Gasteiger partial charge in [0.2, 0.25) is 0 Å². The predicted octanol–water partition coefficient (Wildman–Crippen LogP) is 3.16. The van der Waals surface area contributed by atoms with Crippen LogP contribution < -0.4 is 0 Å². The van der Waals surface area contributed by atoms with E-state index in [1.54, 1.807) is 11.3 Å². The first-order valence-corrected chi connectivity index (χ1v) is 7.07. The largest absolute Gasteiger partial charge is 0.328 e. The predicted molar refractivity (Wildman–Crippen MR) is 76.8 cm³/mol. The van der Waals surface area contributed by atoms with E-state index in [9.17, 15) is 0 Å². The van der Waals surface area contributed by atoms with Gasteiger partial charge in [0.05, 0.1) is 12.2 Å². The lowest BCUT2D eigenvalue weighted by Gasteiger charge is -2.04. The van der Waals surface area contributed by atoms with Gasteiger partial charge in [0.1, 0.15) is 5.52 Å². The van der Waals surface area contributed by atoms with E-state index in [-0.39, 0.29) is 0 Å². The van der Waals surface area contributed by atoms with Gasteiger partial charge in [0.15, 0.2) is 10.4 Å². The highest BCUT2D eigenvalue weighted by Gasteiger charge is 2.13. The second kappa shape index (κ2) is 4.07. The Kier molecular flexibility index (Phi) is 2.64. The molecule has 0 radical (unpaired) electrons. The van der Waals surface area contributed by atoms with E-state index < -0.39 is 0 Å². The molecule has 0 bridgehead atoms. The van der Waals surface area contributed by atoms with E-state index >= 15 is 0 Å². The minimum absolute atomic E-state index is 0.756. The van der Waals surface area contributed by atoms with Crippen LogP contribution in [0.2, 0.25) is 0 Å². The van der Waals surface area contributed by atoms with Crippen molar-refractivity contribution in [3.63, 3.8) is 0 Å². The van der Waals surface area contributed by atoms with Crippen molar-refractivity contribution in [3.05, 3.63) is 32.4 Å². The SMILES string of the molecule is Cc1cscc1Cn1c(=S)[nH]c2c(C)nn(C)c21. The van der Waals surface area contributed by atoms with E-state index in [0.717, 1.165) is 28.2 Å². The molecule has 0 fully saturated rings. The molecule has 0 amide bonds. The highest BCUT2D eigenvalue weighted by atomic mass is 32.1. The van der Waals surface area contributed by atoms with Crippen molar-refractivity contribution in [3.8, 4) is 0 Å². The Morgan fingerprint density at radius 2 is 2.17 bits per heavy atom. The first kappa shape index (κ1) is 11.7. The molecule has 94 valence electrons. The zero-order valence-corrected chi connectivity index (χ0v) is 12.2. The summed E-state index contributed by atoms with van der Waals surface area (Å²) in [5.74, 6) is 0. The maximum absolute atomic E-state index is 5.41. The number of thiophene rings is 1. The van der Waals surface area contributed by atoms with E-state index in [1.165, 1.54) is 11.1 Å². The number of aromatic amines is 1. The standard InChI is InChI=1S/C12H14N4S2/c1-7-5-18-6-9(7)4-16-11-10(13-12(16)17)8(2)14-15(11)3/h5-6H,4H2,1-3H3,(H,13,17). The molecule has 3 heterocycles. The smallest absolute Gasteiger partial charge is 0.179 e. The second-order valence-electron chi connectivity index (χ2n) is 4.50. The monoisotopic (exact) mass is 278 g/mol. The summed E-state index contributed by atoms with van der Waals surface area (Å²) in [6.07, 6.45) is 0. The maximum Gasteiger partial charge on any atom is 0.179 e. The Bertz CT molecular complexity index is 772. The van der Waals surface area contributed by atoms with Gasteiger partial charge < -0.3 is 4.98 Å². The number of nitrogens with zero attached hydrogens (tertiary/aromatic N) is 3. The first-order valence-electron chi connectivity index (χ1n) is 5.71. The number of hydrogen-bond acceptors (Lipinski definition) is 3. The normalized spacial score (nSPS) is 11.5. The lowest BCUT2D eigenvalue weighted by atomic mass is 10.2. The van der Waals surface area contributed by atoms with Crippen molar-refractivity contribution < 1.29 is 0 Å². The van der Waals surface area contributed by atoms with Crippen LogP contribution in [0.4, 0.5) is 0 Å². The van der Waals surface area contributed by atoms with E-state index in [1.807, 2.05) is 18.7 Å². The van der Waals surface area contributed by atoms with Gasteiger partial charge in [0.25, 0.3) is 0 Å². The molecule has 0 spiro atoms. The molecule has 3 rings (SSSR count). The molecule has 1 N–H and O–H groups in total. The topological polar surface area (TPSA) is 38.5 Å². The third kappa shape index (κ3) is 1.64. The highest BCUT2D eigenvalue weighted by molar-refractivity contribution is 7.71. The fraction of sp³-hybridized carbons (Fsp3) is 0.333. The van der Waals surface area contributed by atoms with Crippen molar-refractivity contribution in [1.82, 2.24) is 19.3 Å². The average molecular weight is 278 g/mol. The molecule has 0 saturated heterocycles. The van der Waals surface area contributed by atoms with Crippen LogP contribution in [0.25, 0.3) is 11.2 Å². The molecule has 6 heteroatoms. The Balaban J connectivity index is 2.20. The van der Waals surface area contributed by atoms with Gasteiger partial charge in [0, 0.05) is 7.05 Å². The van der Waals surface area contributed by atoms with Crippen LogP contribution in [0.5, 0.6) is 0 Å². The fourth-order valence-electron chi connectivity index (χ4n) is 2.24. The summed E-state index contributed by atoms with van der Waals surface area (Å²) in [5, 5.41) is 8.77. The highest BCUT2D eigenvalue weighted by Crippen LogP contribution is 2.21. The molecular formula is C12H14N4S2. The van der Waals surface area contributed by atoms with Gasteiger partial charge in [-0.05, 0) is 48.0 Å². The molecule has 0 aromatic carbocycles. The molecule has 0 aliphatic rings. The number of H-pyrrole nitrogens is 1. The summed E-state index contributed by atoms with van der Waals surface area (Å²) in [4.78, 5) is 3.25. The summed E-state index contributed by atoms with van der Waals surface area (Å²) < 4.78 is 4.75. The number of aromatic nitrogens is 4. The fourth-order valence-corrected chi connectivity index (χ4v) is 3.34. The number of nitrogens with one attached hydrogen (secondary N) is 1. The van der Waals surface area contributed by atoms with Crippen molar-refractivity contribution in [2.24, 2.45) is 7.05 Å². The van der Waals surface area contributed by atoms with Crippen molar-refractivity contribution in [2.45, 2.75) is 20.4 Å². The molecule has 0 aliphatic heterocycles. The number of imidazole rings is 1. The number of fused-ring (bicyclic) bond motifs is 1. The van der Waals surface area contributed by atoms with Crippen LogP contribution in [-0.2, 0) is 13.6 Å². The van der Waals surface area contributed by atoms with Gasteiger partial charge in [-0.15, -0.1) is 0 Å². The molecule has 3 aromatic rings. The van der Waals surface area contributed by atoms with Crippen LogP contribution >= 0.6 is 23.6 Å².